The Morgan fingerprint density at radius 2 is 2.00 bits per heavy atom. The molecule has 0 saturated carbocycles. The summed E-state index contributed by atoms with van der Waals surface area (Å²) in [5.41, 5.74) is 7.02. The SMILES string of the molecule is Nc1ccccc1OCC(=O)NCc1ccccn1. The van der Waals surface area contributed by atoms with Crippen LogP contribution in [-0.2, 0) is 11.3 Å². The molecule has 1 aromatic carbocycles. The van der Waals surface area contributed by atoms with Crippen LogP contribution in [0.2, 0.25) is 0 Å². The number of anilines is 1. The smallest absolute Gasteiger partial charge is 0.258 e. The average Bonchev–Trinajstić information content (AvgIpc) is 2.45. The van der Waals surface area contributed by atoms with E-state index in [9.17, 15) is 4.79 Å². The fourth-order valence-corrected chi connectivity index (χ4v) is 1.50. The fourth-order valence-electron chi connectivity index (χ4n) is 1.50. The van der Waals surface area contributed by atoms with Crippen molar-refractivity contribution in [3.05, 3.63) is 54.4 Å². The third-order valence-corrected chi connectivity index (χ3v) is 2.47. The van der Waals surface area contributed by atoms with Gasteiger partial charge in [0.2, 0.25) is 0 Å². The zero-order valence-electron chi connectivity index (χ0n) is 10.4. The van der Waals surface area contributed by atoms with E-state index >= 15 is 0 Å². The highest BCUT2D eigenvalue weighted by Gasteiger charge is 2.04. The Morgan fingerprint density at radius 1 is 1.21 bits per heavy atom. The molecule has 1 amide bonds. The number of carbonyl (C=O) groups excluding carboxylic acids is 1. The van der Waals surface area contributed by atoms with Crippen LogP contribution in [0.25, 0.3) is 0 Å². The first-order chi connectivity index (χ1) is 9.25. The van der Waals surface area contributed by atoms with Crippen LogP contribution in [0.1, 0.15) is 5.69 Å². The normalized spacial score (nSPS) is 9.89. The van der Waals surface area contributed by atoms with Crippen molar-refractivity contribution in [3.8, 4) is 5.75 Å². The van der Waals surface area contributed by atoms with Crippen molar-refractivity contribution in [3.63, 3.8) is 0 Å². The lowest BCUT2D eigenvalue weighted by Gasteiger charge is -2.08. The summed E-state index contributed by atoms with van der Waals surface area (Å²) in [5.74, 6) is 0.296. The third kappa shape index (κ3) is 3.99. The van der Waals surface area contributed by atoms with Gasteiger partial charge in [-0.1, -0.05) is 18.2 Å². The molecule has 0 spiro atoms. The molecule has 0 aliphatic heterocycles. The summed E-state index contributed by atoms with van der Waals surface area (Å²) in [4.78, 5) is 15.7. The van der Waals surface area contributed by atoms with E-state index in [0.717, 1.165) is 5.69 Å². The highest BCUT2D eigenvalue weighted by Crippen LogP contribution is 2.19. The quantitative estimate of drug-likeness (QED) is 0.793. The summed E-state index contributed by atoms with van der Waals surface area (Å²) in [6, 6.07) is 12.6. The largest absolute Gasteiger partial charge is 0.482 e. The third-order valence-electron chi connectivity index (χ3n) is 2.47. The number of amides is 1. The molecule has 0 unspecified atom stereocenters. The van der Waals surface area contributed by atoms with Crippen molar-refractivity contribution in [1.82, 2.24) is 10.3 Å². The Morgan fingerprint density at radius 3 is 2.74 bits per heavy atom. The number of benzene rings is 1. The van der Waals surface area contributed by atoms with Gasteiger partial charge in [-0.05, 0) is 24.3 Å². The number of carbonyl (C=O) groups is 1. The van der Waals surface area contributed by atoms with Crippen molar-refractivity contribution >= 4 is 11.6 Å². The molecule has 0 aliphatic carbocycles. The minimum atomic E-state index is -0.214. The molecule has 0 bridgehead atoms. The summed E-state index contributed by atoms with van der Waals surface area (Å²) in [6.45, 7) is 0.314. The van der Waals surface area contributed by atoms with Gasteiger partial charge in [0.05, 0.1) is 17.9 Å². The molecule has 0 atom stereocenters. The summed E-state index contributed by atoms with van der Waals surface area (Å²) in [7, 11) is 0. The van der Waals surface area contributed by atoms with Gasteiger partial charge in [-0.2, -0.15) is 0 Å². The number of nitrogens with one attached hydrogen (secondary N) is 1. The second-order valence-corrected chi connectivity index (χ2v) is 3.92. The Balaban J connectivity index is 1.78. The van der Waals surface area contributed by atoms with Crippen LogP contribution < -0.4 is 15.8 Å². The number of nitrogens with zero attached hydrogens (tertiary/aromatic N) is 1. The van der Waals surface area contributed by atoms with Gasteiger partial charge in [0.15, 0.2) is 6.61 Å². The molecule has 2 aromatic rings. The van der Waals surface area contributed by atoms with Crippen LogP contribution in [0.15, 0.2) is 48.7 Å². The number of aromatic nitrogens is 1. The van der Waals surface area contributed by atoms with Crippen LogP contribution in [0, 0.1) is 0 Å². The Kier molecular flexibility index (Phi) is 4.34. The molecule has 1 heterocycles. The highest BCUT2D eigenvalue weighted by atomic mass is 16.5. The monoisotopic (exact) mass is 257 g/mol. The van der Waals surface area contributed by atoms with Gasteiger partial charge < -0.3 is 15.8 Å². The van der Waals surface area contributed by atoms with Gasteiger partial charge in [-0.3, -0.25) is 9.78 Å². The molecular weight excluding hydrogens is 242 g/mol. The van der Waals surface area contributed by atoms with E-state index in [1.54, 1.807) is 24.4 Å². The van der Waals surface area contributed by atoms with Gasteiger partial charge in [0.25, 0.3) is 5.91 Å². The topological polar surface area (TPSA) is 77.2 Å². The zero-order valence-corrected chi connectivity index (χ0v) is 10.4. The van der Waals surface area contributed by atoms with Crippen LogP contribution in [-0.4, -0.2) is 17.5 Å². The number of hydrogen-bond acceptors (Lipinski definition) is 4. The van der Waals surface area contributed by atoms with E-state index in [-0.39, 0.29) is 12.5 Å². The lowest BCUT2D eigenvalue weighted by molar-refractivity contribution is -0.123. The van der Waals surface area contributed by atoms with Crippen molar-refractivity contribution in [2.24, 2.45) is 0 Å². The second-order valence-electron chi connectivity index (χ2n) is 3.92. The van der Waals surface area contributed by atoms with Gasteiger partial charge in [-0.25, -0.2) is 0 Å². The number of hydrogen-bond donors (Lipinski definition) is 2. The van der Waals surface area contributed by atoms with Crippen LogP contribution in [0.4, 0.5) is 5.69 Å². The average molecular weight is 257 g/mol. The van der Waals surface area contributed by atoms with Crippen molar-refractivity contribution in [2.75, 3.05) is 12.3 Å². The number of nitrogen functional groups attached to an aromatic ring is 1. The molecule has 0 aliphatic rings. The number of nitrogens with two attached hydrogens (primary N) is 1. The molecule has 0 fully saturated rings. The van der Waals surface area contributed by atoms with Crippen molar-refractivity contribution in [1.29, 1.82) is 0 Å². The Labute approximate surface area is 111 Å². The Hall–Kier alpha value is -2.56. The van der Waals surface area contributed by atoms with E-state index in [0.29, 0.717) is 18.0 Å². The lowest BCUT2D eigenvalue weighted by atomic mass is 10.3. The second kappa shape index (κ2) is 6.39. The molecule has 98 valence electrons. The van der Waals surface area contributed by atoms with Crippen LogP contribution in [0.3, 0.4) is 0 Å². The number of rotatable bonds is 5. The van der Waals surface area contributed by atoms with Crippen LogP contribution in [0.5, 0.6) is 5.75 Å². The predicted octanol–water partition coefficient (Wildman–Crippen LogP) is 1.36. The van der Waals surface area contributed by atoms with E-state index in [4.69, 9.17) is 10.5 Å². The van der Waals surface area contributed by atoms with Crippen molar-refractivity contribution < 1.29 is 9.53 Å². The molecule has 1 aromatic heterocycles. The molecule has 3 N–H and O–H groups in total. The maximum absolute atomic E-state index is 11.6. The summed E-state index contributed by atoms with van der Waals surface area (Å²) in [6.07, 6.45) is 1.68. The van der Waals surface area contributed by atoms with Gasteiger partial charge in [0.1, 0.15) is 5.75 Å². The van der Waals surface area contributed by atoms with E-state index in [2.05, 4.69) is 10.3 Å². The maximum atomic E-state index is 11.6. The minimum absolute atomic E-state index is 0.0684. The first kappa shape index (κ1) is 12.9. The predicted molar refractivity (Wildman–Crippen MR) is 72.4 cm³/mol. The van der Waals surface area contributed by atoms with Crippen LogP contribution >= 0.6 is 0 Å². The highest BCUT2D eigenvalue weighted by molar-refractivity contribution is 5.77. The molecule has 5 heteroatoms. The maximum Gasteiger partial charge on any atom is 0.258 e. The molecule has 2 rings (SSSR count). The molecular formula is C14H15N3O2. The molecule has 0 radical (unpaired) electrons. The lowest BCUT2D eigenvalue weighted by Crippen LogP contribution is -2.28. The first-order valence-corrected chi connectivity index (χ1v) is 5.89. The molecule has 19 heavy (non-hydrogen) atoms. The van der Waals surface area contributed by atoms with Gasteiger partial charge >= 0.3 is 0 Å². The van der Waals surface area contributed by atoms with E-state index in [1.807, 2.05) is 24.3 Å². The summed E-state index contributed by atoms with van der Waals surface area (Å²) >= 11 is 0. The number of para-hydroxylation sites is 2. The summed E-state index contributed by atoms with van der Waals surface area (Å²) < 4.78 is 5.33. The summed E-state index contributed by atoms with van der Waals surface area (Å²) in [5, 5.41) is 2.72. The standard InChI is InChI=1S/C14H15N3O2/c15-12-6-1-2-7-13(12)19-10-14(18)17-9-11-5-3-4-8-16-11/h1-8H,9-10,15H2,(H,17,18). The van der Waals surface area contributed by atoms with Crippen molar-refractivity contribution in [2.45, 2.75) is 6.54 Å². The van der Waals surface area contributed by atoms with Gasteiger partial charge in [-0.15, -0.1) is 0 Å². The van der Waals surface area contributed by atoms with E-state index in [1.165, 1.54) is 0 Å². The minimum Gasteiger partial charge on any atom is -0.482 e. The number of pyridine rings is 1. The Bertz CT molecular complexity index is 543. The van der Waals surface area contributed by atoms with E-state index < -0.39 is 0 Å². The molecule has 5 nitrogen and oxygen atoms in total. The number of ether oxygens (including phenoxy) is 1. The first-order valence-electron chi connectivity index (χ1n) is 5.89. The molecule has 0 saturated heterocycles. The fraction of sp³-hybridized carbons (Fsp3) is 0.143. The zero-order chi connectivity index (χ0) is 13.5. The van der Waals surface area contributed by atoms with Gasteiger partial charge in [0, 0.05) is 6.20 Å².